The Bertz CT molecular complexity index is 948. The van der Waals surface area contributed by atoms with E-state index in [4.69, 9.17) is 0 Å². The molecule has 0 spiro atoms. The van der Waals surface area contributed by atoms with Crippen molar-refractivity contribution in [2.75, 3.05) is 6.26 Å². The molecule has 0 bridgehead atoms. The molecule has 2 aromatic carbocycles. The maximum absolute atomic E-state index is 13.0. The van der Waals surface area contributed by atoms with Crippen molar-refractivity contribution in [2.24, 2.45) is 0 Å². The van der Waals surface area contributed by atoms with E-state index in [1.807, 2.05) is 0 Å². The lowest BCUT2D eigenvalue weighted by atomic mass is 10.2. The lowest BCUT2D eigenvalue weighted by Crippen LogP contribution is -1.97. The molecule has 21 heavy (non-hydrogen) atoms. The van der Waals surface area contributed by atoms with E-state index in [9.17, 15) is 17.9 Å². The zero-order valence-corrected chi connectivity index (χ0v) is 11.8. The maximum atomic E-state index is 13.0. The molecular formula is C14H11FN2O3S. The number of hydrogen-bond acceptors (Lipinski definition) is 4. The number of aromatic amines is 1. The second-order valence-corrected chi connectivity index (χ2v) is 6.66. The second-order valence-electron chi connectivity index (χ2n) is 4.67. The Morgan fingerprint density at radius 2 is 2.00 bits per heavy atom. The average Bonchev–Trinajstić information content (AvgIpc) is 2.80. The first-order valence-corrected chi connectivity index (χ1v) is 7.93. The molecule has 0 amide bonds. The van der Waals surface area contributed by atoms with Crippen LogP contribution in [-0.4, -0.2) is 29.7 Å². The van der Waals surface area contributed by atoms with Crippen LogP contribution >= 0.6 is 0 Å². The van der Waals surface area contributed by atoms with Crippen LogP contribution < -0.4 is 0 Å². The molecule has 0 aliphatic rings. The minimum atomic E-state index is -3.42. The Hall–Kier alpha value is -2.41. The first-order chi connectivity index (χ1) is 9.86. The van der Waals surface area contributed by atoms with Gasteiger partial charge in [-0.25, -0.2) is 17.8 Å². The maximum Gasteiger partial charge on any atom is 0.177 e. The molecule has 108 valence electrons. The minimum Gasteiger partial charge on any atom is -0.507 e. The van der Waals surface area contributed by atoms with Gasteiger partial charge in [-0.05, 0) is 24.3 Å². The second kappa shape index (κ2) is 4.56. The Morgan fingerprint density at radius 1 is 1.24 bits per heavy atom. The van der Waals surface area contributed by atoms with Crippen LogP contribution in [0.3, 0.4) is 0 Å². The molecular weight excluding hydrogens is 295 g/mol. The molecule has 2 N–H and O–H groups in total. The van der Waals surface area contributed by atoms with E-state index in [1.54, 1.807) is 12.1 Å². The monoisotopic (exact) mass is 306 g/mol. The Kier molecular flexibility index (Phi) is 2.94. The highest BCUT2D eigenvalue weighted by Crippen LogP contribution is 2.30. The molecule has 5 nitrogen and oxygen atoms in total. The van der Waals surface area contributed by atoms with Crippen molar-refractivity contribution in [1.82, 2.24) is 9.97 Å². The predicted molar refractivity (Wildman–Crippen MR) is 76.3 cm³/mol. The summed E-state index contributed by atoms with van der Waals surface area (Å²) < 4.78 is 36.5. The molecule has 0 aliphatic carbocycles. The fraction of sp³-hybridized carbons (Fsp3) is 0.0714. The summed E-state index contributed by atoms with van der Waals surface area (Å²) in [5.74, 6) is -0.558. The van der Waals surface area contributed by atoms with Gasteiger partial charge in [0.25, 0.3) is 0 Å². The number of phenols is 1. The van der Waals surface area contributed by atoms with E-state index < -0.39 is 15.7 Å². The average molecular weight is 306 g/mol. The van der Waals surface area contributed by atoms with E-state index in [0.29, 0.717) is 16.6 Å². The van der Waals surface area contributed by atoms with Gasteiger partial charge in [-0.2, -0.15) is 0 Å². The van der Waals surface area contributed by atoms with Crippen molar-refractivity contribution in [3.8, 4) is 17.1 Å². The van der Waals surface area contributed by atoms with Crippen LogP contribution in [0.1, 0.15) is 0 Å². The molecule has 3 rings (SSSR count). The summed E-state index contributed by atoms with van der Waals surface area (Å²) in [7, 11) is -3.42. The first-order valence-electron chi connectivity index (χ1n) is 6.04. The number of para-hydroxylation sites is 1. The van der Waals surface area contributed by atoms with Crippen molar-refractivity contribution >= 4 is 20.9 Å². The third-order valence-corrected chi connectivity index (χ3v) is 4.22. The number of fused-ring (bicyclic) bond motifs is 1. The number of H-pyrrole nitrogens is 1. The molecule has 0 saturated heterocycles. The summed E-state index contributed by atoms with van der Waals surface area (Å²) in [5.41, 5.74) is 1.11. The van der Waals surface area contributed by atoms with Gasteiger partial charge in [0, 0.05) is 12.3 Å². The zero-order valence-electron chi connectivity index (χ0n) is 11.0. The van der Waals surface area contributed by atoms with Gasteiger partial charge in [0.05, 0.1) is 16.0 Å². The van der Waals surface area contributed by atoms with Crippen LogP contribution in [0.2, 0.25) is 0 Å². The number of benzene rings is 2. The van der Waals surface area contributed by atoms with E-state index in [1.165, 1.54) is 18.2 Å². The molecule has 0 atom stereocenters. The highest BCUT2D eigenvalue weighted by Gasteiger charge is 2.17. The van der Waals surface area contributed by atoms with E-state index in [2.05, 4.69) is 9.97 Å². The van der Waals surface area contributed by atoms with Gasteiger partial charge in [0.15, 0.2) is 9.84 Å². The number of hydrogen-bond donors (Lipinski definition) is 2. The van der Waals surface area contributed by atoms with Gasteiger partial charge < -0.3 is 10.1 Å². The molecule has 7 heteroatoms. The largest absolute Gasteiger partial charge is 0.507 e. The summed E-state index contributed by atoms with van der Waals surface area (Å²) in [6.45, 7) is 0. The van der Waals surface area contributed by atoms with Crippen LogP contribution in [-0.2, 0) is 9.84 Å². The lowest BCUT2D eigenvalue weighted by molar-refractivity contribution is 0.471. The fourth-order valence-corrected chi connectivity index (χ4v) is 2.97. The van der Waals surface area contributed by atoms with E-state index in [0.717, 1.165) is 12.3 Å². The number of rotatable bonds is 2. The molecule has 1 heterocycles. The van der Waals surface area contributed by atoms with Crippen molar-refractivity contribution in [2.45, 2.75) is 4.90 Å². The molecule has 0 radical (unpaired) electrons. The summed E-state index contributed by atoms with van der Waals surface area (Å²) in [6.07, 6.45) is 1.10. The van der Waals surface area contributed by atoms with E-state index >= 15 is 0 Å². The Balaban J connectivity index is 2.27. The first kappa shape index (κ1) is 13.6. The van der Waals surface area contributed by atoms with Crippen LogP contribution in [0.5, 0.6) is 5.75 Å². The molecule has 1 aromatic heterocycles. The van der Waals surface area contributed by atoms with Crippen molar-refractivity contribution in [3.63, 3.8) is 0 Å². The number of nitrogens with zero attached hydrogens (tertiary/aromatic N) is 1. The number of sulfone groups is 1. The summed E-state index contributed by atoms with van der Waals surface area (Å²) in [5, 5.41) is 9.78. The molecule has 0 unspecified atom stereocenters. The predicted octanol–water partition coefficient (Wildman–Crippen LogP) is 2.48. The SMILES string of the molecule is CS(=O)(=O)c1cccc2[nH]c(-c3ccc(F)cc3O)nc12. The summed E-state index contributed by atoms with van der Waals surface area (Å²) >= 11 is 0. The fourth-order valence-electron chi connectivity index (χ4n) is 2.14. The number of halogens is 1. The van der Waals surface area contributed by atoms with Gasteiger partial charge in [0.1, 0.15) is 22.9 Å². The number of phenolic OH excluding ortho intramolecular Hbond substituents is 1. The summed E-state index contributed by atoms with van der Waals surface area (Å²) in [4.78, 5) is 7.25. The van der Waals surface area contributed by atoms with Gasteiger partial charge in [-0.15, -0.1) is 0 Å². The third-order valence-electron chi connectivity index (χ3n) is 3.09. The highest BCUT2D eigenvalue weighted by atomic mass is 32.2. The van der Waals surface area contributed by atoms with Crippen molar-refractivity contribution in [3.05, 3.63) is 42.2 Å². The van der Waals surface area contributed by atoms with Gasteiger partial charge >= 0.3 is 0 Å². The number of nitrogens with one attached hydrogen (secondary N) is 1. The summed E-state index contributed by atoms with van der Waals surface area (Å²) in [6, 6.07) is 8.29. The standard InChI is InChI=1S/C14H11FN2O3S/c1-21(19,20)12-4-2-3-10-13(12)17-14(16-10)9-6-5-8(15)7-11(9)18/h2-7,18H,1H3,(H,16,17). The van der Waals surface area contributed by atoms with Gasteiger partial charge in [-0.1, -0.05) is 6.07 Å². The van der Waals surface area contributed by atoms with E-state index in [-0.39, 0.29) is 16.5 Å². The third kappa shape index (κ3) is 2.36. The molecule has 0 aliphatic heterocycles. The number of imidazole rings is 1. The molecule has 0 fully saturated rings. The lowest BCUT2D eigenvalue weighted by Gasteiger charge is -2.00. The van der Waals surface area contributed by atoms with Crippen LogP contribution in [0.4, 0.5) is 4.39 Å². The number of aromatic nitrogens is 2. The Labute approximate surface area is 120 Å². The molecule has 3 aromatic rings. The van der Waals surface area contributed by atoms with Crippen LogP contribution in [0.15, 0.2) is 41.3 Å². The van der Waals surface area contributed by atoms with Crippen LogP contribution in [0.25, 0.3) is 22.4 Å². The topological polar surface area (TPSA) is 83.0 Å². The smallest absolute Gasteiger partial charge is 0.177 e. The van der Waals surface area contributed by atoms with Gasteiger partial charge in [-0.3, -0.25) is 0 Å². The van der Waals surface area contributed by atoms with Gasteiger partial charge in [0.2, 0.25) is 0 Å². The minimum absolute atomic E-state index is 0.101. The van der Waals surface area contributed by atoms with Crippen LogP contribution in [0, 0.1) is 5.82 Å². The zero-order chi connectivity index (χ0) is 15.2. The number of aromatic hydroxyl groups is 1. The Morgan fingerprint density at radius 3 is 2.67 bits per heavy atom. The normalized spacial score (nSPS) is 11.9. The quantitative estimate of drug-likeness (QED) is 0.762. The van der Waals surface area contributed by atoms with Crippen molar-refractivity contribution < 1.29 is 17.9 Å². The highest BCUT2D eigenvalue weighted by molar-refractivity contribution is 7.91. The van der Waals surface area contributed by atoms with Crippen molar-refractivity contribution in [1.29, 1.82) is 0 Å². The molecule has 0 saturated carbocycles.